The average Bonchev–Trinajstić information content (AvgIpc) is 3.29. The number of guanidine groups is 1. The Kier molecular flexibility index (Phi) is 11.5. The number of hydrogen-bond acceptors (Lipinski definition) is 5. The van der Waals surface area contributed by atoms with Crippen molar-refractivity contribution in [3.63, 3.8) is 0 Å². The summed E-state index contributed by atoms with van der Waals surface area (Å²) in [5.74, 6) is 1.40. The second-order valence-corrected chi connectivity index (χ2v) is 6.49. The van der Waals surface area contributed by atoms with E-state index in [1.54, 1.807) is 6.26 Å². The molecule has 0 spiro atoms. The van der Waals surface area contributed by atoms with Gasteiger partial charge >= 0.3 is 6.18 Å². The summed E-state index contributed by atoms with van der Waals surface area (Å²) in [6.45, 7) is 4.65. The van der Waals surface area contributed by atoms with E-state index in [0.29, 0.717) is 50.2 Å². The van der Waals surface area contributed by atoms with Gasteiger partial charge in [0, 0.05) is 38.0 Å². The zero-order valence-electron chi connectivity index (χ0n) is 15.4. The third kappa shape index (κ3) is 9.24. The van der Waals surface area contributed by atoms with Gasteiger partial charge in [0.1, 0.15) is 12.4 Å². The fraction of sp³-hybridized carbons (Fsp3) is 0.529. The molecule has 0 saturated carbocycles. The Bertz CT molecular complexity index is 693. The zero-order valence-corrected chi connectivity index (χ0v) is 18.6. The van der Waals surface area contributed by atoms with Crippen molar-refractivity contribution in [1.82, 2.24) is 15.6 Å². The third-order valence-corrected chi connectivity index (χ3v) is 4.27. The van der Waals surface area contributed by atoms with Crippen LogP contribution < -0.4 is 10.6 Å². The number of halogens is 4. The smallest absolute Gasteiger partial charge is 0.434 e. The highest BCUT2D eigenvalue weighted by Crippen LogP contribution is 2.29. The van der Waals surface area contributed by atoms with Gasteiger partial charge in [-0.2, -0.15) is 13.2 Å². The van der Waals surface area contributed by atoms with Crippen molar-refractivity contribution in [2.24, 2.45) is 4.99 Å². The van der Waals surface area contributed by atoms with E-state index in [1.165, 1.54) is 0 Å². The first-order chi connectivity index (χ1) is 13.0. The molecular weight excluding hydrogens is 508 g/mol. The Balaban J connectivity index is 0.00000392. The van der Waals surface area contributed by atoms with E-state index >= 15 is 0 Å². The molecule has 2 aromatic heterocycles. The molecular formula is C17H24F3IN4O2S. The number of alkyl halides is 3. The van der Waals surface area contributed by atoms with Gasteiger partial charge in [-0.1, -0.05) is 0 Å². The number of ether oxygens (including phenoxy) is 1. The van der Waals surface area contributed by atoms with Crippen LogP contribution in [0.2, 0.25) is 0 Å². The molecule has 2 aromatic rings. The Labute approximate surface area is 183 Å². The van der Waals surface area contributed by atoms with Gasteiger partial charge in [-0.3, -0.25) is 4.99 Å². The van der Waals surface area contributed by atoms with Crippen LogP contribution in [-0.2, 0) is 23.9 Å². The number of rotatable bonds is 10. The molecule has 0 unspecified atom stereocenters. The van der Waals surface area contributed by atoms with Gasteiger partial charge in [-0.15, -0.1) is 35.3 Å². The first-order valence-electron chi connectivity index (χ1n) is 8.63. The van der Waals surface area contributed by atoms with Crippen LogP contribution in [0.5, 0.6) is 0 Å². The molecule has 2 rings (SSSR count). The highest BCUT2D eigenvalue weighted by molar-refractivity contribution is 14.0. The highest BCUT2D eigenvalue weighted by Gasteiger charge is 2.33. The van der Waals surface area contributed by atoms with Crippen molar-refractivity contribution in [2.45, 2.75) is 32.5 Å². The van der Waals surface area contributed by atoms with E-state index in [9.17, 15) is 13.2 Å². The van der Waals surface area contributed by atoms with Gasteiger partial charge in [0.2, 0.25) is 0 Å². The van der Waals surface area contributed by atoms with Gasteiger partial charge in [0.15, 0.2) is 11.7 Å². The number of thiazole rings is 1. The molecule has 0 fully saturated rings. The maximum atomic E-state index is 12.5. The molecule has 0 amide bonds. The molecule has 0 aliphatic carbocycles. The molecule has 0 bridgehead atoms. The first kappa shape index (κ1) is 24.7. The third-order valence-electron chi connectivity index (χ3n) is 3.36. The summed E-state index contributed by atoms with van der Waals surface area (Å²) in [7, 11) is 0. The maximum absolute atomic E-state index is 12.5. The molecule has 2 heterocycles. The van der Waals surface area contributed by atoms with Crippen LogP contribution in [0, 0.1) is 0 Å². The zero-order chi connectivity index (χ0) is 19.5. The van der Waals surface area contributed by atoms with Gasteiger partial charge < -0.3 is 19.8 Å². The van der Waals surface area contributed by atoms with E-state index in [4.69, 9.17) is 9.15 Å². The number of nitrogens with zero attached hydrogens (tertiary/aromatic N) is 2. The molecule has 158 valence electrons. The number of aromatic nitrogens is 1. The number of nitrogens with one attached hydrogen (secondary N) is 2. The van der Waals surface area contributed by atoms with E-state index in [2.05, 4.69) is 20.6 Å². The quantitative estimate of drug-likeness (QED) is 0.209. The summed E-state index contributed by atoms with van der Waals surface area (Å²) in [5.41, 5.74) is -0.836. The minimum atomic E-state index is -4.39. The summed E-state index contributed by atoms with van der Waals surface area (Å²) in [4.78, 5) is 8.03. The lowest BCUT2D eigenvalue weighted by atomic mass is 10.4. The molecule has 0 radical (unpaired) electrons. The van der Waals surface area contributed by atoms with Crippen LogP contribution in [-0.4, -0.2) is 37.2 Å². The largest absolute Gasteiger partial charge is 0.467 e. The summed E-state index contributed by atoms with van der Waals surface area (Å²) < 4.78 is 48.3. The Hall–Kier alpha value is -1.34. The number of aliphatic imine (C=N–C) groups is 1. The lowest BCUT2D eigenvalue weighted by Gasteiger charge is -2.10. The summed E-state index contributed by atoms with van der Waals surface area (Å²) >= 11 is 1.01. The molecule has 28 heavy (non-hydrogen) atoms. The Morgan fingerprint density at radius 1 is 1.36 bits per heavy atom. The van der Waals surface area contributed by atoms with Crippen molar-refractivity contribution >= 4 is 41.3 Å². The van der Waals surface area contributed by atoms with Crippen molar-refractivity contribution in [3.05, 3.63) is 40.2 Å². The molecule has 0 saturated heterocycles. The molecule has 0 aromatic carbocycles. The first-order valence-corrected chi connectivity index (χ1v) is 9.51. The number of hydrogen-bond donors (Lipinski definition) is 2. The standard InChI is InChI=1S/C17H23F3N4O2S.HI/c1-2-21-16(22-7-4-9-25-11-13-5-3-10-26-13)23-8-6-15-24-14(12-27-15)17(18,19)20;/h3,5,10,12H,2,4,6-9,11H2,1H3,(H2,21,22,23);1H. The van der Waals surface area contributed by atoms with Crippen molar-refractivity contribution in [3.8, 4) is 0 Å². The second kappa shape index (κ2) is 13.0. The van der Waals surface area contributed by atoms with Crippen LogP contribution in [0.25, 0.3) is 0 Å². The molecule has 11 heteroatoms. The summed E-state index contributed by atoms with van der Waals surface area (Å²) in [6.07, 6.45) is -1.64. The summed E-state index contributed by atoms with van der Waals surface area (Å²) in [5, 5.41) is 7.68. The highest BCUT2D eigenvalue weighted by atomic mass is 127. The van der Waals surface area contributed by atoms with Crippen LogP contribution in [0.1, 0.15) is 29.8 Å². The van der Waals surface area contributed by atoms with E-state index in [1.807, 2.05) is 19.1 Å². The van der Waals surface area contributed by atoms with Gasteiger partial charge in [-0.25, -0.2) is 4.98 Å². The molecule has 0 aliphatic rings. The van der Waals surface area contributed by atoms with Gasteiger partial charge in [-0.05, 0) is 25.5 Å². The van der Waals surface area contributed by atoms with Crippen LogP contribution in [0.3, 0.4) is 0 Å². The molecule has 2 N–H and O–H groups in total. The lowest BCUT2D eigenvalue weighted by molar-refractivity contribution is -0.140. The van der Waals surface area contributed by atoms with E-state index in [-0.39, 0.29) is 24.0 Å². The number of furan rings is 1. The SMILES string of the molecule is CCNC(=NCCCOCc1ccco1)NCCc1nc(C(F)(F)F)cs1.I. The molecule has 0 atom stereocenters. The van der Waals surface area contributed by atoms with Gasteiger partial charge in [0.05, 0.1) is 11.3 Å². The van der Waals surface area contributed by atoms with Gasteiger partial charge in [0.25, 0.3) is 0 Å². The fourth-order valence-electron chi connectivity index (χ4n) is 2.11. The van der Waals surface area contributed by atoms with E-state index < -0.39 is 11.9 Å². The average molecular weight is 532 g/mol. The molecule has 6 nitrogen and oxygen atoms in total. The predicted octanol–water partition coefficient (Wildman–Crippen LogP) is 4.08. The van der Waals surface area contributed by atoms with Crippen molar-refractivity contribution in [2.75, 3.05) is 26.2 Å². The minimum absolute atomic E-state index is 0. The van der Waals surface area contributed by atoms with Crippen LogP contribution in [0.15, 0.2) is 33.2 Å². The van der Waals surface area contributed by atoms with Crippen LogP contribution in [0.4, 0.5) is 13.2 Å². The Morgan fingerprint density at radius 2 is 2.18 bits per heavy atom. The normalized spacial score (nSPS) is 11.9. The van der Waals surface area contributed by atoms with Crippen molar-refractivity contribution in [1.29, 1.82) is 0 Å². The van der Waals surface area contributed by atoms with E-state index in [0.717, 1.165) is 28.9 Å². The minimum Gasteiger partial charge on any atom is -0.467 e. The Morgan fingerprint density at radius 3 is 2.82 bits per heavy atom. The summed E-state index contributed by atoms with van der Waals surface area (Å²) in [6, 6.07) is 3.67. The fourth-order valence-corrected chi connectivity index (χ4v) is 2.92. The predicted molar refractivity (Wildman–Crippen MR) is 113 cm³/mol. The monoisotopic (exact) mass is 532 g/mol. The second-order valence-electron chi connectivity index (χ2n) is 5.55. The lowest BCUT2D eigenvalue weighted by Crippen LogP contribution is -2.38. The topological polar surface area (TPSA) is 71.7 Å². The van der Waals surface area contributed by atoms with Crippen molar-refractivity contribution < 1.29 is 22.3 Å². The molecule has 0 aliphatic heterocycles. The maximum Gasteiger partial charge on any atom is 0.434 e. The van der Waals surface area contributed by atoms with Crippen LogP contribution >= 0.6 is 35.3 Å².